The van der Waals surface area contributed by atoms with Crippen molar-refractivity contribution in [1.29, 1.82) is 0 Å². The molecule has 0 saturated carbocycles. The zero-order valence-electron chi connectivity index (χ0n) is 11.6. The molecule has 2 aromatic carbocycles. The van der Waals surface area contributed by atoms with Crippen LogP contribution in [0.4, 0.5) is 5.69 Å². The lowest BCUT2D eigenvalue weighted by Crippen LogP contribution is -2.07. The van der Waals surface area contributed by atoms with E-state index in [1.165, 1.54) is 16.7 Å². The van der Waals surface area contributed by atoms with Crippen molar-refractivity contribution in [2.24, 2.45) is 0 Å². The minimum absolute atomic E-state index is 0.0801. The maximum atomic E-state index is 9.21. The van der Waals surface area contributed by atoms with Gasteiger partial charge in [0.25, 0.3) is 0 Å². The molecule has 0 amide bonds. The predicted molar refractivity (Wildman–Crippen MR) is 79.3 cm³/mol. The molecule has 2 N–H and O–H groups in total. The second kappa shape index (κ2) is 5.65. The molecule has 2 aromatic rings. The first kappa shape index (κ1) is 13.2. The highest BCUT2D eigenvalue weighted by Crippen LogP contribution is 2.26. The van der Waals surface area contributed by atoms with Gasteiger partial charge in [-0.2, -0.15) is 0 Å². The summed E-state index contributed by atoms with van der Waals surface area (Å²) >= 11 is 0. The molecule has 1 aliphatic rings. The number of ether oxygens (including phenoxy) is 1. The van der Waals surface area contributed by atoms with Crippen molar-refractivity contribution >= 4 is 5.69 Å². The lowest BCUT2D eigenvalue weighted by atomic mass is 10.0. The number of hydrogen-bond donors (Lipinski definition) is 2. The first-order chi connectivity index (χ1) is 9.76. The Morgan fingerprint density at radius 3 is 2.85 bits per heavy atom. The fourth-order valence-corrected chi connectivity index (χ4v) is 2.56. The molecule has 1 aliphatic heterocycles. The van der Waals surface area contributed by atoms with Gasteiger partial charge in [0.15, 0.2) is 0 Å². The molecule has 1 heterocycles. The topological polar surface area (TPSA) is 41.5 Å². The highest BCUT2D eigenvalue weighted by molar-refractivity contribution is 5.50. The standard InChI is InChI=1S/C17H19NO2/c1-12(14-4-2-3-13(7-14)9-19)18-17-6-5-15-10-20-11-16(15)8-17/h2-8,12,18-19H,9-11H2,1H3. The van der Waals surface area contributed by atoms with Crippen LogP contribution >= 0.6 is 0 Å². The monoisotopic (exact) mass is 269 g/mol. The van der Waals surface area contributed by atoms with Gasteiger partial charge in [-0.1, -0.05) is 30.3 Å². The normalized spacial score (nSPS) is 14.9. The van der Waals surface area contributed by atoms with Gasteiger partial charge >= 0.3 is 0 Å². The second-order valence-electron chi connectivity index (χ2n) is 5.25. The van der Waals surface area contributed by atoms with Gasteiger partial charge in [0.2, 0.25) is 0 Å². The molecule has 3 nitrogen and oxygen atoms in total. The lowest BCUT2D eigenvalue weighted by Gasteiger charge is -2.17. The summed E-state index contributed by atoms with van der Waals surface area (Å²) in [4.78, 5) is 0. The molecular formula is C17H19NO2. The zero-order valence-corrected chi connectivity index (χ0v) is 11.6. The molecule has 3 heteroatoms. The first-order valence-electron chi connectivity index (χ1n) is 6.92. The molecule has 0 aromatic heterocycles. The average Bonchev–Trinajstić information content (AvgIpc) is 2.95. The summed E-state index contributed by atoms with van der Waals surface area (Å²) in [5.74, 6) is 0. The Balaban J connectivity index is 1.76. The van der Waals surface area contributed by atoms with Crippen LogP contribution in [0.25, 0.3) is 0 Å². The minimum Gasteiger partial charge on any atom is -0.392 e. The summed E-state index contributed by atoms with van der Waals surface area (Å²) in [7, 11) is 0. The Kier molecular flexibility index (Phi) is 3.72. The fraction of sp³-hybridized carbons (Fsp3) is 0.294. The van der Waals surface area contributed by atoms with Crippen molar-refractivity contribution < 1.29 is 9.84 Å². The van der Waals surface area contributed by atoms with E-state index in [1.807, 2.05) is 18.2 Å². The molecule has 0 saturated heterocycles. The number of anilines is 1. The summed E-state index contributed by atoms with van der Waals surface area (Å²) in [6, 6.07) is 14.6. The molecule has 104 valence electrons. The fourth-order valence-electron chi connectivity index (χ4n) is 2.56. The Morgan fingerprint density at radius 1 is 1.15 bits per heavy atom. The molecule has 0 spiro atoms. The van der Waals surface area contributed by atoms with Crippen molar-refractivity contribution in [3.8, 4) is 0 Å². The molecule has 3 rings (SSSR count). The Bertz CT molecular complexity index is 610. The average molecular weight is 269 g/mol. The van der Waals surface area contributed by atoms with Crippen molar-refractivity contribution in [1.82, 2.24) is 0 Å². The molecule has 1 atom stereocenters. The molecule has 20 heavy (non-hydrogen) atoms. The Morgan fingerprint density at radius 2 is 2.00 bits per heavy atom. The number of aliphatic hydroxyl groups excluding tert-OH is 1. The van der Waals surface area contributed by atoms with Crippen LogP contribution < -0.4 is 5.32 Å². The van der Waals surface area contributed by atoms with E-state index >= 15 is 0 Å². The van der Waals surface area contributed by atoms with E-state index in [9.17, 15) is 5.11 Å². The van der Waals surface area contributed by atoms with Gasteiger partial charge in [-0.15, -0.1) is 0 Å². The maximum absolute atomic E-state index is 9.21. The predicted octanol–water partition coefficient (Wildman–Crippen LogP) is 3.38. The van der Waals surface area contributed by atoms with Crippen LogP contribution in [0.15, 0.2) is 42.5 Å². The number of hydrogen-bond acceptors (Lipinski definition) is 3. The van der Waals surface area contributed by atoms with Crippen LogP contribution in [0.5, 0.6) is 0 Å². The Labute approximate surface area is 119 Å². The number of rotatable bonds is 4. The highest BCUT2D eigenvalue weighted by atomic mass is 16.5. The number of fused-ring (bicyclic) bond motifs is 1. The molecule has 1 unspecified atom stereocenters. The molecule has 0 aliphatic carbocycles. The van der Waals surface area contributed by atoms with Gasteiger partial charge in [0.05, 0.1) is 19.8 Å². The minimum atomic E-state index is 0.0801. The number of aliphatic hydroxyl groups is 1. The third-order valence-corrected chi connectivity index (χ3v) is 3.74. The van der Waals surface area contributed by atoms with Gasteiger partial charge in [-0.25, -0.2) is 0 Å². The van der Waals surface area contributed by atoms with Crippen LogP contribution in [-0.4, -0.2) is 5.11 Å². The van der Waals surface area contributed by atoms with Gasteiger partial charge in [0, 0.05) is 11.7 Å². The van der Waals surface area contributed by atoms with E-state index in [0.29, 0.717) is 6.61 Å². The SMILES string of the molecule is CC(Nc1ccc2c(c1)COC2)c1cccc(CO)c1. The molecule has 0 bridgehead atoms. The maximum Gasteiger partial charge on any atom is 0.0725 e. The van der Waals surface area contributed by atoms with Crippen molar-refractivity contribution in [2.45, 2.75) is 32.8 Å². The number of benzene rings is 2. The summed E-state index contributed by atoms with van der Waals surface area (Å²) in [6.07, 6.45) is 0. The summed E-state index contributed by atoms with van der Waals surface area (Å²) in [6.45, 7) is 3.64. The largest absolute Gasteiger partial charge is 0.392 e. The van der Waals surface area contributed by atoms with Crippen LogP contribution in [0, 0.1) is 0 Å². The van der Waals surface area contributed by atoms with E-state index < -0.39 is 0 Å². The molecular weight excluding hydrogens is 250 g/mol. The van der Waals surface area contributed by atoms with Crippen molar-refractivity contribution in [2.75, 3.05) is 5.32 Å². The zero-order chi connectivity index (χ0) is 13.9. The Hall–Kier alpha value is -1.84. The van der Waals surface area contributed by atoms with Crippen LogP contribution in [0.2, 0.25) is 0 Å². The lowest BCUT2D eigenvalue weighted by molar-refractivity contribution is 0.134. The second-order valence-corrected chi connectivity index (χ2v) is 5.25. The van der Waals surface area contributed by atoms with Crippen molar-refractivity contribution in [3.63, 3.8) is 0 Å². The quantitative estimate of drug-likeness (QED) is 0.894. The summed E-state index contributed by atoms with van der Waals surface area (Å²) < 4.78 is 5.43. The van der Waals surface area contributed by atoms with Crippen LogP contribution in [0.1, 0.15) is 35.2 Å². The molecule has 0 radical (unpaired) electrons. The van der Waals surface area contributed by atoms with Crippen molar-refractivity contribution in [3.05, 3.63) is 64.7 Å². The first-order valence-corrected chi connectivity index (χ1v) is 6.92. The van der Waals surface area contributed by atoms with Crippen LogP contribution in [0.3, 0.4) is 0 Å². The summed E-state index contributed by atoms with van der Waals surface area (Å²) in [5, 5.41) is 12.7. The third-order valence-electron chi connectivity index (χ3n) is 3.74. The van der Waals surface area contributed by atoms with Gasteiger partial charge < -0.3 is 15.2 Å². The number of nitrogens with one attached hydrogen (secondary N) is 1. The van der Waals surface area contributed by atoms with Gasteiger partial charge in [-0.05, 0) is 41.3 Å². The summed E-state index contributed by atoms with van der Waals surface area (Å²) in [5.41, 5.74) is 5.78. The highest BCUT2D eigenvalue weighted by Gasteiger charge is 2.12. The van der Waals surface area contributed by atoms with Gasteiger partial charge in [0.1, 0.15) is 0 Å². The van der Waals surface area contributed by atoms with Gasteiger partial charge in [-0.3, -0.25) is 0 Å². The van der Waals surface area contributed by atoms with E-state index in [0.717, 1.165) is 17.9 Å². The van der Waals surface area contributed by atoms with Crippen LogP contribution in [-0.2, 0) is 24.6 Å². The van der Waals surface area contributed by atoms with E-state index in [-0.39, 0.29) is 12.6 Å². The van der Waals surface area contributed by atoms with E-state index in [2.05, 4.69) is 36.5 Å². The molecule has 0 fully saturated rings. The smallest absolute Gasteiger partial charge is 0.0725 e. The third kappa shape index (κ3) is 2.69. The van der Waals surface area contributed by atoms with E-state index in [4.69, 9.17) is 4.74 Å². The van der Waals surface area contributed by atoms with E-state index in [1.54, 1.807) is 0 Å².